The van der Waals surface area contributed by atoms with Crippen LogP contribution in [0.5, 0.6) is 0 Å². The second-order valence-corrected chi connectivity index (χ2v) is 7.90. The van der Waals surface area contributed by atoms with Gasteiger partial charge in [0, 0.05) is 29.9 Å². The number of halogens is 1. The average molecular weight is 455 g/mol. The topological polar surface area (TPSA) is 88.3 Å². The van der Waals surface area contributed by atoms with Crippen LogP contribution in [0.15, 0.2) is 48.5 Å². The van der Waals surface area contributed by atoms with Gasteiger partial charge in [0.15, 0.2) is 10.9 Å². The van der Waals surface area contributed by atoms with Crippen molar-refractivity contribution in [3.63, 3.8) is 0 Å². The molecule has 0 spiro atoms. The second kappa shape index (κ2) is 9.47. The Bertz CT molecular complexity index is 1090. The lowest BCUT2D eigenvalue weighted by Crippen LogP contribution is -2.37. The third-order valence-electron chi connectivity index (χ3n) is 4.98. The summed E-state index contributed by atoms with van der Waals surface area (Å²) in [6, 6.07) is 15.2. The van der Waals surface area contributed by atoms with E-state index >= 15 is 0 Å². The minimum Gasteiger partial charge on any atom is -0.397 e. The van der Waals surface area contributed by atoms with Crippen molar-refractivity contribution in [2.24, 2.45) is 0 Å². The lowest BCUT2D eigenvalue weighted by molar-refractivity contribution is 0.122. The van der Waals surface area contributed by atoms with Gasteiger partial charge in [0.2, 0.25) is 0 Å². The summed E-state index contributed by atoms with van der Waals surface area (Å²) in [6.07, 6.45) is 0. The van der Waals surface area contributed by atoms with Crippen molar-refractivity contribution in [1.82, 2.24) is 9.97 Å². The number of thiocarbonyl (C=S) groups is 1. The van der Waals surface area contributed by atoms with Crippen LogP contribution < -0.4 is 21.3 Å². The molecule has 1 fully saturated rings. The summed E-state index contributed by atoms with van der Waals surface area (Å²) in [6.45, 7) is 4.87. The number of nitrogen functional groups attached to an aromatic ring is 1. The van der Waals surface area contributed by atoms with Gasteiger partial charge in [-0.2, -0.15) is 0 Å². The number of hydrogen-bond donors (Lipinski definition) is 3. The van der Waals surface area contributed by atoms with E-state index in [1.54, 1.807) is 0 Å². The zero-order valence-corrected chi connectivity index (χ0v) is 18.6. The number of nitrogens with zero attached hydrogens (tertiary/aromatic N) is 3. The van der Waals surface area contributed by atoms with E-state index in [2.05, 4.69) is 20.5 Å². The Balaban J connectivity index is 1.49. The van der Waals surface area contributed by atoms with Gasteiger partial charge in [-0.3, -0.25) is 0 Å². The number of aromatic nitrogens is 2. The van der Waals surface area contributed by atoms with Gasteiger partial charge in [0.05, 0.1) is 24.6 Å². The number of rotatable bonds is 4. The molecule has 0 radical (unpaired) electrons. The largest absolute Gasteiger partial charge is 0.397 e. The van der Waals surface area contributed by atoms with Crippen molar-refractivity contribution in [1.29, 1.82) is 0 Å². The molecular weight excluding hydrogens is 432 g/mol. The number of nitrogens with two attached hydrogens (primary N) is 1. The predicted molar refractivity (Wildman–Crippen MR) is 131 cm³/mol. The van der Waals surface area contributed by atoms with Crippen LogP contribution in [0.1, 0.15) is 5.56 Å². The average Bonchev–Trinajstić information content (AvgIpc) is 2.78. The minimum absolute atomic E-state index is 0.454. The van der Waals surface area contributed by atoms with Gasteiger partial charge in [0.25, 0.3) is 0 Å². The maximum absolute atomic E-state index is 6.42. The summed E-state index contributed by atoms with van der Waals surface area (Å²) in [5.74, 6) is 1.44. The summed E-state index contributed by atoms with van der Waals surface area (Å²) >= 11 is 11.8. The van der Waals surface area contributed by atoms with Gasteiger partial charge in [-0.1, -0.05) is 23.7 Å². The Morgan fingerprint density at radius 1 is 1.06 bits per heavy atom. The Morgan fingerprint density at radius 3 is 2.48 bits per heavy atom. The van der Waals surface area contributed by atoms with Gasteiger partial charge in [-0.15, -0.1) is 0 Å². The number of morpholine rings is 1. The summed E-state index contributed by atoms with van der Waals surface area (Å²) in [7, 11) is 0. The molecule has 31 heavy (non-hydrogen) atoms. The first-order valence-electron chi connectivity index (χ1n) is 9.91. The van der Waals surface area contributed by atoms with E-state index < -0.39 is 0 Å². The summed E-state index contributed by atoms with van der Waals surface area (Å²) in [5, 5.41) is 7.17. The van der Waals surface area contributed by atoms with Crippen LogP contribution in [0, 0.1) is 6.92 Å². The van der Waals surface area contributed by atoms with E-state index in [1.807, 2.05) is 55.5 Å². The van der Waals surface area contributed by atoms with Gasteiger partial charge < -0.3 is 26.0 Å². The smallest absolute Gasteiger partial charge is 0.175 e. The van der Waals surface area contributed by atoms with Crippen molar-refractivity contribution in [3.8, 4) is 11.4 Å². The van der Waals surface area contributed by atoms with Crippen LogP contribution in [0.4, 0.5) is 22.9 Å². The predicted octanol–water partition coefficient (Wildman–Crippen LogP) is 4.33. The molecule has 160 valence electrons. The minimum atomic E-state index is 0.454. The molecule has 2 aromatic carbocycles. The molecule has 7 nitrogen and oxygen atoms in total. The summed E-state index contributed by atoms with van der Waals surface area (Å²) in [5.41, 5.74) is 9.92. The van der Waals surface area contributed by atoms with E-state index in [0.717, 1.165) is 41.4 Å². The molecule has 0 unspecified atom stereocenters. The van der Waals surface area contributed by atoms with E-state index in [-0.39, 0.29) is 0 Å². The van der Waals surface area contributed by atoms with Gasteiger partial charge in [-0.25, -0.2) is 9.97 Å². The monoisotopic (exact) mass is 454 g/mol. The number of para-hydroxylation sites is 2. The first-order chi connectivity index (χ1) is 15.0. The Labute approximate surface area is 191 Å². The molecule has 9 heteroatoms. The van der Waals surface area contributed by atoms with Crippen LogP contribution >= 0.6 is 23.8 Å². The molecular formula is C22H23ClN6OS. The number of anilines is 4. The fourth-order valence-corrected chi connectivity index (χ4v) is 3.68. The number of benzene rings is 2. The van der Waals surface area contributed by atoms with Crippen molar-refractivity contribution in [3.05, 3.63) is 59.2 Å². The molecule has 1 aliphatic rings. The van der Waals surface area contributed by atoms with Crippen LogP contribution in [0.2, 0.25) is 5.15 Å². The molecule has 1 aliphatic heterocycles. The molecule has 4 rings (SSSR count). The molecule has 0 atom stereocenters. The van der Waals surface area contributed by atoms with Crippen molar-refractivity contribution in [2.45, 2.75) is 6.92 Å². The van der Waals surface area contributed by atoms with Crippen molar-refractivity contribution < 1.29 is 4.74 Å². The fraction of sp³-hybridized carbons (Fsp3) is 0.227. The van der Waals surface area contributed by atoms with E-state index in [1.165, 1.54) is 0 Å². The Morgan fingerprint density at radius 2 is 1.77 bits per heavy atom. The summed E-state index contributed by atoms with van der Waals surface area (Å²) in [4.78, 5) is 11.4. The second-order valence-electron chi connectivity index (χ2n) is 7.13. The number of hydrogen-bond acceptors (Lipinski definition) is 6. The molecule has 1 aromatic heterocycles. The molecule has 1 saturated heterocycles. The third kappa shape index (κ3) is 5.04. The lowest BCUT2D eigenvalue weighted by Gasteiger charge is -2.29. The highest BCUT2D eigenvalue weighted by atomic mass is 35.5. The van der Waals surface area contributed by atoms with Crippen LogP contribution in [-0.4, -0.2) is 41.4 Å². The Hall–Kier alpha value is -2.94. The van der Waals surface area contributed by atoms with Gasteiger partial charge >= 0.3 is 0 Å². The van der Waals surface area contributed by atoms with Crippen LogP contribution in [0.3, 0.4) is 0 Å². The maximum atomic E-state index is 6.42. The highest BCUT2D eigenvalue weighted by molar-refractivity contribution is 7.80. The number of ether oxygens (including phenoxy) is 1. The first-order valence-corrected chi connectivity index (χ1v) is 10.7. The van der Waals surface area contributed by atoms with Gasteiger partial charge in [0.1, 0.15) is 11.0 Å². The zero-order valence-electron chi connectivity index (χ0n) is 17.1. The lowest BCUT2D eigenvalue weighted by atomic mass is 10.2. The molecule has 2 heterocycles. The standard InChI is InChI=1S/C22H23ClN6OS/c1-14-19(23)27-20(28-21(14)29-10-12-30-13-11-29)15-6-8-16(9-7-15)25-22(31)26-18-5-3-2-4-17(18)24/h2-9H,10-13,24H2,1H3,(H2,25,26,31). The highest BCUT2D eigenvalue weighted by Crippen LogP contribution is 2.28. The number of nitrogens with one attached hydrogen (secondary N) is 2. The quantitative estimate of drug-likeness (QED) is 0.305. The third-order valence-corrected chi connectivity index (χ3v) is 5.55. The fourth-order valence-electron chi connectivity index (χ4n) is 3.29. The molecule has 0 saturated carbocycles. The molecule has 4 N–H and O–H groups in total. The zero-order chi connectivity index (χ0) is 21.8. The first kappa shape index (κ1) is 21.3. The summed E-state index contributed by atoms with van der Waals surface area (Å²) < 4.78 is 5.45. The van der Waals surface area contributed by atoms with E-state index in [0.29, 0.717) is 35.0 Å². The van der Waals surface area contributed by atoms with Crippen molar-refractivity contribution in [2.75, 3.05) is 47.6 Å². The van der Waals surface area contributed by atoms with Crippen LogP contribution in [0.25, 0.3) is 11.4 Å². The van der Waals surface area contributed by atoms with E-state index in [4.69, 9.17) is 39.3 Å². The normalized spacial score (nSPS) is 13.7. The Kier molecular flexibility index (Phi) is 6.50. The van der Waals surface area contributed by atoms with E-state index in [9.17, 15) is 0 Å². The van der Waals surface area contributed by atoms with Gasteiger partial charge in [-0.05, 0) is 55.5 Å². The molecule has 3 aromatic rings. The van der Waals surface area contributed by atoms with Crippen molar-refractivity contribution >= 4 is 51.8 Å². The molecule has 0 amide bonds. The molecule has 0 bridgehead atoms. The molecule has 0 aliphatic carbocycles. The maximum Gasteiger partial charge on any atom is 0.175 e. The van der Waals surface area contributed by atoms with Crippen LogP contribution in [-0.2, 0) is 4.74 Å². The highest BCUT2D eigenvalue weighted by Gasteiger charge is 2.19. The SMILES string of the molecule is Cc1c(Cl)nc(-c2ccc(NC(=S)Nc3ccccc3N)cc2)nc1N1CCOCC1.